The summed E-state index contributed by atoms with van der Waals surface area (Å²) < 4.78 is 0. The van der Waals surface area contributed by atoms with E-state index in [0.29, 0.717) is 41.6 Å². The minimum absolute atomic E-state index is 0. The minimum atomic E-state index is -0.214. The van der Waals surface area contributed by atoms with Crippen molar-refractivity contribution < 1.29 is 9.59 Å². The third-order valence-corrected chi connectivity index (χ3v) is 3.31. The Labute approximate surface area is 148 Å². The van der Waals surface area contributed by atoms with Gasteiger partial charge in [0.25, 0.3) is 5.91 Å². The molecule has 0 aliphatic heterocycles. The number of halogens is 2. The number of hydrogen-bond acceptors (Lipinski definition) is 3. The van der Waals surface area contributed by atoms with Gasteiger partial charge in [-0.15, -0.1) is 12.4 Å². The number of carbonyl (C=O) groups excluding carboxylic acids is 2. The highest BCUT2D eigenvalue weighted by molar-refractivity contribution is 6.34. The van der Waals surface area contributed by atoms with Crippen molar-refractivity contribution in [3.8, 4) is 0 Å². The highest BCUT2D eigenvalue weighted by Gasteiger charge is 2.12. The quantitative estimate of drug-likeness (QED) is 0.696. The summed E-state index contributed by atoms with van der Waals surface area (Å²) in [5, 5.41) is 5.86. The molecule has 1 rings (SSSR count). The molecule has 5 nitrogen and oxygen atoms in total. The van der Waals surface area contributed by atoms with Gasteiger partial charge < -0.3 is 16.4 Å². The predicted molar refractivity (Wildman–Crippen MR) is 97.4 cm³/mol. The first-order valence-electron chi connectivity index (χ1n) is 7.42. The second kappa shape index (κ2) is 10.5. The lowest BCUT2D eigenvalue weighted by molar-refractivity contribution is -0.116. The maximum Gasteiger partial charge on any atom is 0.252 e. The summed E-state index contributed by atoms with van der Waals surface area (Å²) in [6.45, 7) is 6.48. The van der Waals surface area contributed by atoms with Crippen molar-refractivity contribution in [3.05, 3.63) is 28.8 Å². The number of benzene rings is 1. The number of nitrogens with two attached hydrogens (primary N) is 1. The fourth-order valence-electron chi connectivity index (χ4n) is 1.75. The molecule has 0 saturated carbocycles. The predicted octanol–water partition coefficient (Wildman–Crippen LogP) is 3.21. The van der Waals surface area contributed by atoms with Crippen LogP contribution in [0.2, 0.25) is 5.02 Å². The normalized spacial score (nSPS) is 11.6. The summed E-state index contributed by atoms with van der Waals surface area (Å²) >= 11 is 6.12. The molecule has 2 amide bonds. The van der Waals surface area contributed by atoms with E-state index < -0.39 is 0 Å². The van der Waals surface area contributed by atoms with Crippen molar-refractivity contribution in [1.29, 1.82) is 0 Å². The Bertz CT molecular complexity index is 534. The molecule has 0 heterocycles. The van der Waals surface area contributed by atoms with Crippen LogP contribution in [0.25, 0.3) is 0 Å². The van der Waals surface area contributed by atoms with Crippen molar-refractivity contribution >= 4 is 41.5 Å². The minimum Gasteiger partial charge on any atom is -0.352 e. The van der Waals surface area contributed by atoms with Gasteiger partial charge in [-0.3, -0.25) is 9.59 Å². The first-order valence-corrected chi connectivity index (χ1v) is 7.80. The van der Waals surface area contributed by atoms with Gasteiger partial charge >= 0.3 is 0 Å². The SMILES string of the molecule is CC(C)CNC(=O)c1ccc(NC(=O)CCC(C)N)cc1Cl.Cl. The van der Waals surface area contributed by atoms with Crippen molar-refractivity contribution in [2.75, 3.05) is 11.9 Å². The zero-order chi connectivity index (χ0) is 16.7. The zero-order valence-electron chi connectivity index (χ0n) is 13.7. The Morgan fingerprint density at radius 2 is 1.91 bits per heavy atom. The molecule has 23 heavy (non-hydrogen) atoms. The van der Waals surface area contributed by atoms with Gasteiger partial charge in [-0.25, -0.2) is 0 Å². The number of carbonyl (C=O) groups is 2. The molecule has 1 atom stereocenters. The average Bonchev–Trinajstić information content (AvgIpc) is 2.42. The second-order valence-electron chi connectivity index (χ2n) is 5.86. The molecule has 0 radical (unpaired) electrons. The van der Waals surface area contributed by atoms with E-state index in [1.165, 1.54) is 0 Å². The lowest BCUT2D eigenvalue weighted by Gasteiger charge is -2.11. The molecule has 0 aromatic heterocycles. The van der Waals surface area contributed by atoms with E-state index in [-0.39, 0.29) is 30.3 Å². The van der Waals surface area contributed by atoms with E-state index in [2.05, 4.69) is 10.6 Å². The topological polar surface area (TPSA) is 84.2 Å². The summed E-state index contributed by atoms with van der Waals surface area (Å²) in [6.07, 6.45) is 0.973. The molecule has 0 fully saturated rings. The number of amides is 2. The Balaban J connectivity index is 0.00000484. The molecule has 0 saturated heterocycles. The Morgan fingerprint density at radius 1 is 1.26 bits per heavy atom. The Kier molecular flexibility index (Phi) is 9.88. The van der Waals surface area contributed by atoms with Crippen LogP contribution in [-0.4, -0.2) is 24.4 Å². The maximum atomic E-state index is 12.0. The van der Waals surface area contributed by atoms with E-state index >= 15 is 0 Å². The molecule has 0 bridgehead atoms. The van der Waals surface area contributed by atoms with Crippen LogP contribution in [0.5, 0.6) is 0 Å². The summed E-state index contributed by atoms with van der Waals surface area (Å²) in [5.74, 6) is 0.0325. The molecule has 0 aliphatic rings. The monoisotopic (exact) mass is 361 g/mol. The third kappa shape index (κ3) is 8.21. The standard InChI is InChI=1S/C16H24ClN3O2.ClH/c1-10(2)9-19-16(22)13-6-5-12(8-14(13)17)20-15(21)7-4-11(3)18;/h5-6,8,10-11H,4,7,9,18H2,1-3H3,(H,19,22)(H,20,21);1H. The lowest BCUT2D eigenvalue weighted by atomic mass is 10.1. The van der Waals surface area contributed by atoms with Crippen LogP contribution in [0.3, 0.4) is 0 Å². The molecular weight excluding hydrogens is 337 g/mol. The molecule has 1 aromatic carbocycles. The zero-order valence-corrected chi connectivity index (χ0v) is 15.3. The smallest absolute Gasteiger partial charge is 0.252 e. The average molecular weight is 362 g/mol. The van der Waals surface area contributed by atoms with Crippen molar-refractivity contribution in [2.24, 2.45) is 11.7 Å². The highest BCUT2D eigenvalue weighted by atomic mass is 35.5. The van der Waals surface area contributed by atoms with Crippen molar-refractivity contribution in [1.82, 2.24) is 5.32 Å². The van der Waals surface area contributed by atoms with E-state index in [4.69, 9.17) is 17.3 Å². The van der Waals surface area contributed by atoms with E-state index in [0.717, 1.165) is 0 Å². The number of anilines is 1. The fraction of sp³-hybridized carbons (Fsp3) is 0.500. The largest absolute Gasteiger partial charge is 0.352 e. The summed E-state index contributed by atoms with van der Waals surface area (Å²) in [7, 11) is 0. The molecule has 1 aromatic rings. The van der Waals surface area contributed by atoms with Gasteiger partial charge in [0.2, 0.25) is 5.91 Å². The molecule has 0 aliphatic carbocycles. The Hall–Kier alpha value is -1.30. The summed E-state index contributed by atoms with van der Waals surface area (Å²) in [4.78, 5) is 23.7. The van der Waals surface area contributed by atoms with Crippen LogP contribution in [0.4, 0.5) is 5.69 Å². The van der Waals surface area contributed by atoms with E-state index in [1.807, 2.05) is 20.8 Å². The fourth-order valence-corrected chi connectivity index (χ4v) is 2.02. The van der Waals surface area contributed by atoms with E-state index in [1.54, 1.807) is 18.2 Å². The van der Waals surface area contributed by atoms with Gasteiger partial charge in [0.05, 0.1) is 10.6 Å². The molecule has 0 spiro atoms. The van der Waals surface area contributed by atoms with Crippen LogP contribution in [0.1, 0.15) is 44.0 Å². The van der Waals surface area contributed by atoms with Gasteiger partial charge in [0.15, 0.2) is 0 Å². The van der Waals surface area contributed by atoms with Crippen LogP contribution in [0.15, 0.2) is 18.2 Å². The van der Waals surface area contributed by atoms with E-state index in [9.17, 15) is 9.59 Å². The van der Waals surface area contributed by atoms with Gasteiger partial charge in [0.1, 0.15) is 0 Å². The molecule has 130 valence electrons. The number of nitrogens with one attached hydrogen (secondary N) is 2. The van der Waals surface area contributed by atoms with Crippen LogP contribution in [0, 0.1) is 5.92 Å². The van der Waals surface area contributed by atoms with Gasteiger partial charge in [-0.2, -0.15) is 0 Å². The first kappa shape index (κ1) is 21.7. The number of rotatable bonds is 7. The third-order valence-electron chi connectivity index (χ3n) is 3.00. The van der Waals surface area contributed by atoms with Gasteiger partial charge in [-0.1, -0.05) is 25.4 Å². The van der Waals surface area contributed by atoms with Crippen LogP contribution in [-0.2, 0) is 4.79 Å². The summed E-state index contributed by atoms with van der Waals surface area (Å²) in [6, 6.07) is 4.84. The van der Waals surface area contributed by atoms with Crippen LogP contribution < -0.4 is 16.4 Å². The van der Waals surface area contributed by atoms with Gasteiger partial charge in [-0.05, 0) is 37.5 Å². The van der Waals surface area contributed by atoms with Crippen LogP contribution >= 0.6 is 24.0 Å². The highest BCUT2D eigenvalue weighted by Crippen LogP contribution is 2.21. The van der Waals surface area contributed by atoms with Crippen molar-refractivity contribution in [3.63, 3.8) is 0 Å². The first-order chi connectivity index (χ1) is 10.3. The number of hydrogen-bond donors (Lipinski definition) is 3. The maximum absolute atomic E-state index is 12.0. The lowest BCUT2D eigenvalue weighted by Crippen LogP contribution is -2.27. The molecular formula is C16H25Cl2N3O2. The molecule has 4 N–H and O–H groups in total. The second-order valence-corrected chi connectivity index (χ2v) is 6.27. The summed E-state index contributed by atoms with van der Waals surface area (Å²) in [5.41, 5.74) is 6.58. The van der Waals surface area contributed by atoms with Gasteiger partial charge in [0, 0.05) is 24.7 Å². The molecule has 1 unspecified atom stereocenters. The Morgan fingerprint density at radius 3 is 2.43 bits per heavy atom. The van der Waals surface area contributed by atoms with Crippen molar-refractivity contribution in [2.45, 2.75) is 39.7 Å². The molecule has 7 heteroatoms.